The molecule has 0 spiro atoms. The van der Waals surface area contributed by atoms with Crippen LogP contribution < -0.4 is 0 Å². The minimum absolute atomic E-state index is 0.0210. The molecule has 14 nitrogen and oxygen atoms in total. The van der Waals surface area contributed by atoms with Gasteiger partial charge in [0, 0.05) is 6.92 Å². The molecule has 0 aliphatic carbocycles. The van der Waals surface area contributed by atoms with Crippen molar-refractivity contribution >= 4 is 11.9 Å². The number of aliphatic hydroxyl groups is 2. The Morgan fingerprint density at radius 1 is 1.23 bits per heavy atom. The number of aliphatic hydroxyl groups excluding tert-OH is 2. The van der Waals surface area contributed by atoms with Crippen LogP contribution in [0.3, 0.4) is 0 Å². The lowest BCUT2D eigenvalue weighted by atomic mass is 10.1. The van der Waals surface area contributed by atoms with Gasteiger partial charge in [0.15, 0.2) is 6.10 Å². The molecule has 2 saturated heterocycles. The Morgan fingerprint density at radius 3 is 2.58 bits per heavy atom. The number of rotatable bonds is 6. The molecule has 2 N–H and O–H groups in total. The summed E-state index contributed by atoms with van der Waals surface area (Å²) in [5.41, 5.74) is 0. The van der Waals surface area contributed by atoms with E-state index in [1.807, 2.05) is 0 Å². The predicted molar refractivity (Wildman–Crippen MR) is 78.1 cm³/mol. The van der Waals surface area contributed by atoms with Gasteiger partial charge in [-0.1, -0.05) is 0 Å². The van der Waals surface area contributed by atoms with E-state index in [2.05, 4.69) is 10.6 Å². The quantitative estimate of drug-likeness (QED) is 0.378. The predicted octanol–water partition coefficient (Wildman–Crippen LogP) is -2.18. The van der Waals surface area contributed by atoms with E-state index in [0.717, 1.165) is 11.9 Å². The first kappa shape index (κ1) is 19.9. The normalized spacial score (nSPS) is 30.3. The van der Waals surface area contributed by atoms with E-state index in [9.17, 15) is 29.6 Å². The first-order chi connectivity index (χ1) is 12.4. The molecule has 0 aromatic heterocycles. The van der Waals surface area contributed by atoms with Gasteiger partial charge >= 0.3 is 11.9 Å². The first-order valence-corrected chi connectivity index (χ1v) is 7.53. The second kappa shape index (κ2) is 8.79. The van der Waals surface area contributed by atoms with Gasteiger partial charge < -0.3 is 29.2 Å². The number of esters is 2. The SMILES string of the molecule is CC(=O)OC1COCC(C(O)C(=O)OC2C(O)OCCN2N=O)N1N=O. The fourth-order valence-corrected chi connectivity index (χ4v) is 2.46. The first-order valence-electron chi connectivity index (χ1n) is 7.53. The Morgan fingerprint density at radius 2 is 1.96 bits per heavy atom. The van der Waals surface area contributed by atoms with Crippen molar-refractivity contribution in [3.8, 4) is 0 Å². The highest BCUT2D eigenvalue weighted by atomic mass is 16.7. The van der Waals surface area contributed by atoms with Crippen molar-refractivity contribution in [2.45, 2.75) is 37.8 Å². The summed E-state index contributed by atoms with van der Waals surface area (Å²) >= 11 is 0. The highest BCUT2D eigenvalue weighted by Crippen LogP contribution is 2.21. The molecule has 0 bridgehead atoms. The molecule has 2 aliphatic heterocycles. The van der Waals surface area contributed by atoms with Crippen LogP contribution in [0, 0.1) is 9.81 Å². The summed E-state index contributed by atoms with van der Waals surface area (Å²) in [7, 11) is 0. The molecule has 5 unspecified atom stereocenters. The zero-order valence-electron chi connectivity index (χ0n) is 13.7. The second-order valence-corrected chi connectivity index (χ2v) is 5.41. The number of nitrogens with zero attached hydrogens (tertiary/aromatic N) is 4. The van der Waals surface area contributed by atoms with Gasteiger partial charge in [-0.05, 0) is 0 Å². The summed E-state index contributed by atoms with van der Waals surface area (Å²) in [6, 6.07) is -1.32. The van der Waals surface area contributed by atoms with Crippen LogP contribution in [-0.2, 0) is 28.5 Å². The summed E-state index contributed by atoms with van der Waals surface area (Å²) in [5.74, 6) is -2.01. The van der Waals surface area contributed by atoms with E-state index in [-0.39, 0.29) is 26.4 Å². The summed E-state index contributed by atoms with van der Waals surface area (Å²) in [6.07, 6.45) is -6.43. The molecule has 0 aromatic carbocycles. The minimum Gasteiger partial charge on any atom is -0.438 e. The largest absolute Gasteiger partial charge is 0.438 e. The molecule has 2 fully saturated rings. The van der Waals surface area contributed by atoms with Crippen molar-refractivity contribution in [3.05, 3.63) is 9.81 Å². The molecule has 0 radical (unpaired) electrons. The fourth-order valence-electron chi connectivity index (χ4n) is 2.46. The number of hydrogen-bond donors (Lipinski definition) is 2. The second-order valence-electron chi connectivity index (χ2n) is 5.41. The molecule has 2 aliphatic rings. The highest BCUT2D eigenvalue weighted by Gasteiger charge is 2.44. The lowest BCUT2D eigenvalue weighted by molar-refractivity contribution is -0.257. The molecular weight excluding hydrogens is 360 g/mol. The summed E-state index contributed by atoms with van der Waals surface area (Å²) in [5, 5.41) is 26.5. The molecule has 0 amide bonds. The number of ether oxygens (including phenoxy) is 4. The number of morpholine rings is 2. The van der Waals surface area contributed by atoms with Crippen molar-refractivity contribution in [2.24, 2.45) is 10.6 Å². The average molecular weight is 378 g/mol. The third-order valence-corrected chi connectivity index (χ3v) is 3.67. The van der Waals surface area contributed by atoms with E-state index < -0.39 is 42.8 Å². The van der Waals surface area contributed by atoms with Gasteiger partial charge in [0.2, 0.25) is 18.7 Å². The van der Waals surface area contributed by atoms with Gasteiger partial charge in [0.1, 0.15) is 12.6 Å². The Labute approximate surface area is 146 Å². The smallest absolute Gasteiger partial charge is 0.339 e. The number of nitroso groups, excluding NO2 is 2. The zero-order valence-corrected chi connectivity index (χ0v) is 13.7. The van der Waals surface area contributed by atoms with Crippen LogP contribution in [0.1, 0.15) is 6.92 Å². The van der Waals surface area contributed by atoms with Crippen LogP contribution in [0.5, 0.6) is 0 Å². The highest BCUT2D eigenvalue weighted by molar-refractivity contribution is 5.75. The van der Waals surface area contributed by atoms with Gasteiger partial charge in [0.05, 0.1) is 30.3 Å². The van der Waals surface area contributed by atoms with Gasteiger partial charge in [0.25, 0.3) is 0 Å². The minimum atomic E-state index is -1.96. The van der Waals surface area contributed by atoms with Gasteiger partial charge in [-0.25, -0.2) is 14.8 Å². The van der Waals surface area contributed by atoms with E-state index in [1.54, 1.807) is 0 Å². The van der Waals surface area contributed by atoms with Crippen LogP contribution in [-0.4, -0.2) is 89.4 Å². The molecule has 5 atom stereocenters. The van der Waals surface area contributed by atoms with Crippen molar-refractivity contribution in [1.82, 2.24) is 10.0 Å². The molecule has 26 heavy (non-hydrogen) atoms. The van der Waals surface area contributed by atoms with Crippen LogP contribution in [0.4, 0.5) is 0 Å². The maximum absolute atomic E-state index is 12.2. The number of carbonyl (C=O) groups excluding carboxylic acids is 2. The third kappa shape index (κ3) is 4.40. The van der Waals surface area contributed by atoms with Crippen molar-refractivity contribution in [1.29, 1.82) is 0 Å². The fraction of sp³-hybridized carbons (Fsp3) is 0.833. The molecule has 0 saturated carbocycles. The van der Waals surface area contributed by atoms with Crippen molar-refractivity contribution in [3.63, 3.8) is 0 Å². The molecule has 2 heterocycles. The molecule has 2 rings (SSSR count). The Hall–Kier alpha value is -2.42. The van der Waals surface area contributed by atoms with Gasteiger partial charge in [-0.2, -0.15) is 0 Å². The maximum atomic E-state index is 12.2. The monoisotopic (exact) mass is 378 g/mol. The summed E-state index contributed by atoms with van der Waals surface area (Å²) in [6.45, 7) is 0.550. The van der Waals surface area contributed by atoms with E-state index >= 15 is 0 Å². The Bertz CT molecular complexity index is 548. The zero-order chi connectivity index (χ0) is 19.3. The van der Waals surface area contributed by atoms with Crippen LogP contribution in [0.15, 0.2) is 10.6 Å². The van der Waals surface area contributed by atoms with Crippen molar-refractivity contribution in [2.75, 3.05) is 26.4 Å². The van der Waals surface area contributed by atoms with Crippen LogP contribution >= 0.6 is 0 Å². The van der Waals surface area contributed by atoms with Gasteiger partial charge in [-0.3, -0.25) is 4.79 Å². The third-order valence-electron chi connectivity index (χ3n) is 3.67. The molecule has 146 valence electrons. The summed E-state index contributed by atoms with van der Waals surface area (Å²) in [4.78, 5) is 45.0. The van der Waals surface area contributed by atoms with E-state index in [0.29, 0.717) is 5.01 Å². The van der Waals surface area contributed by atoms with Crippen molar-refractivity contribution < 1.29 is 38.7 Å². The van der Waals surface area contributed by atoms with Crippen LogP contribution in [0.25, 0.3) is 0 Å². The standard InChI is InChI=1S/C12H18N4O10/c1-6(17)25-8-5-23-4-7(16(8)14-22)9(18)11(19)26-10-12(20)24-3-2-15(10)13-21/h7-10,12,18,20H,2-5H2,1H3. The van der Waals surface area contributed by atoms with Crippen LogP contribution in [0.2, 0.25) is 0 Å². The maximum Gasteiger partial charge on any atom is 0.339 e. The Kier molecular flexibility index (Phi) is 6.73. The Balaban J connectivity index is 2.06. The average Bonchev–Trinajstić information content (AvgIpc) is 2.61. The van der Waals surface area contributed by atoms with E-state index in [1.165, 1.54) is 0 Å². The lowest BCUT2D eigenvalue weighted by Gasteiger charge is -2.39. The number of carbonyl (C=O) groups is 2. The lowest BCUT2D eigenvalue weighted by Crippen LogP contribution is -2.59. The topological polar surface area (TPSA) is 177 Å². The molecular formula is C12H18N4O10. The molecule has 0 aromatic rings. The van der Waals surface area contributed by atoms with E-state index in [4.69, 9.17) is 18.9 Å². The number of hydrogen-bond acceptors (Lipinski definition) is 12. The molecule has 14 heteroatoms. The van der Waals surface area contributed by atoms with Gasteiger partial charge in [-0.15, -0.1) is 9.81 Å². The summed E-state index contributed by atoms with van der Waals surface area (Å²) < 4.78 is 19.7.